The maximum Gasteiger partial charge on any atom is 0.309 e. The van der Waals surface area contributed by atoms with E-state index in [0.717, 1.165) is 128 Å². The van der Waals surface area contributed by atoms with Gasteiger partial charge >= 0.3 is 17.9 Å². The van der Waals surface area contributed by atoms with Gasteiger partial charge in [-0.25, -0.2) is 0 Å². The Labute approximate surface area is 480 Å². The zero-order valence-electron chi connectivity index (χ0n) is 50.4. The minimum atomic E-state index is -0.832. The third-order valence-corrected chi connectivity index (χ3v) is 13.1. The Kier molecular flexibility index (Phi) is 60.9. The zero-order chi connectivity index (χ0) is 56.4. The Bertz CT molecular complexity index is 1710. The molecule has 0 aliphatic carbocycles. The Morgan fingerprint density at radius 1 is 0.282 bits per heavy atom. The van der Waals surface area contributed by atoms with E-state index in [9.17, 15) is 14.4 Å². The fourth-order valence-electron chi connectivity index (χ4n) is 8.40. The molecule has 0 spiro atoms. The van der Waals surface area contributed by atoms with Crippen molar-refractivity contribution in [2.75, 3.05) is 13.2 Å². The monoisotopic (exact) mass is 1080 g/mol. The van der Waals surface area contributed by atoms with Crippen LogP contribution in [-0.2, 0) is 28.6 Å². The number of ether oxygens (including phenoxy) is 3. The molecule has 0 N–H and O–H groups in total. The van der Waals surface area contributed by atoms with Crippen molar-refractivity contribution in [3.63, 3.8) is 0 Å². The first-order valence-corrected chi connectivity index (χ1v) is 31.8. The van der Waals surface area contributed by atoms with E-state index in [0.29, 0.717) is 6.42 Å². The number of hydrogen-bond donors (Lipinski definition) is 0. The van der Waals surface area contributed by atoms with Gasteiger partial charge in [0, 0.05) is 12.8 Å². The molecule has 6 nitrogen and oxygen atoms in total. The molecule has 0 aromatic heterocycles. The van der Waals surface area contributed by atoms with Gasteiger partial charge in [0.1, 0.15) is 13.2 Å². The molecule has 0 saturated carbocycles. The van der Waals surface area contributed by atoms with Gasteiger partial charge in [0.2, 0.25) is 0 Å². The third-order valence-electron chi connectivity index (χ3n) is 13.1. The molecule has 0 saturated heterocycles. The van der Waals surface area contributed by atoms with Gasteiger partial charge in [-0.2, -0.15) is 0 Å². The van der Waals surface area contributed by atoms with E-state index in [4.69, 9.17) is 14.2 Å². The lowest BCUT2D eigenvalue weighted by Crippen LogP contribution is -2.30. The molecular weight excluding hydrogens is 961 g/mol. The quantitative estimate of drug-likeness (QED) is 0.0261. The van der Waals surface area contributed by atoms with Crippen LogP contribution in [0.1, 0.15) is 271 Å². The highest BCUT2D eigenvalue weighted by molar-refractivity contribution is 5.72. The van der Waals surface area contributed by atoms with Crippen LogP contribution in [0.4, 0.5) is 0 Å². The maximum atomic E-state index is 12.9. The number of rotatable bonds is 56. The first kappa shape index (κ1) is 73.3. The van der Waals surface area contributed by atoms with Crippen LogP contribution in [0.2, 0.25) is 0 Å². The van der Waals surface area contributed by atoms with Crippen molar-refractivity contribution in [1.29, 1.82) is 0 Å². The second-order valence-corrected chi connectivity index (χ2v) is 20.6. The summed E-state index contributed by atoms with van der Waals surface area (Å²) in [5, 5.41) is 0. The molecule has 0 aliphatic rings. The summed E-state index contributed by atoms with van der Waals surface area (Å²) in [6.07, 6.45) is 93.1. The topological polar surface area (TPSA) is 78.9 Å². The highest BCUT2D eigenvalue weighted by Crippen LogP contribution is 2.15. The average molecular weight is 1080 g/mol. The van der Waals surface area contributed by atoms with Crippen LogP contribution in [-0.4, -0.2) is 37.2 Å². The molecule has 0 heterocycles. The van der Waals surface area contributed by atoms with E-state index in [1.807, 2.05) is 6.08 Å². The van der Waals surface area contributed by atoms with Crippen molar-refractivity contribution < 1.29 is 28.6 Å². The zero-order valence-corrected chi connectivity index (χ0v) is 50.4. The lowest BCUT2D eigenvalue weighted by molar-refractivity contribution is -0.166. The summed E-state index contributed by atoms with van der Waals surface area (Å²) in [5.74, 6) is -1.07. The number of carbonyl (C=O) groups excluding carboxylic acids is 3. The Morgan fingerprint density at radius 2 is 0.551 bits per heavy atom. The minimum Gasteiger partial charge on any atom is -0.462 e. The molecule has 0 aliphatic heterocycles. The predicted molar refractivity (Wildman–Crippen MR) is 339 cm³/mol. The van der Waals surface area contributed by atoms with Gasteiger partial charge in [0.25, 0.3) is 0 Å². The largest absolute Gasteiger partial charge is 0.462 e. The van der Waals surface area contributed by atoms with Crippen LogP contribution in [0.25, 0.3) is 0 Å². The van der Waals surface area contributed by atoms with Crippen LogP contribution in [0, 0.1) is 0 Å². The van der Waals surface area contributed by atoms with Crippen molar-refractivity contribution in [3.05, 3.63) is 146 Å². The van der Waals surface area contributed by atoms with Gasteiger partial charge in [-0.1, -0.05) is 276 Å². The number of esters is 3. The van der Waals surface area contributed by atoms with Crippen molar-refractivity contribution in [3.8, 4) is 0 Å². The molecular formula is C72H116O6. The summed E-state index contributed by atoms with van der Waals surface area (Å²) in [4.78, 5) is 38.2. The summed E-state index contributed by atoms with van der Waals surface area (Å²) in [6.45, 7) is 6.30. The second-order valence-electron chi connectivity index (χ2n) is 20.6. The molecule has 0 aromatic rings. The normalized spacial score (nSPS) is 13.1. The molecule has 0 amide bonds. The molecule has 0 fully saturated rings. The fraction of sp³-hybridized carbons (Fsp3) is 0.625. The Hall–Kier alpha value is -4.71. The summed E-state index contributed by atoms with van der Waals surface area (Å²) in [6, 6.07) is 0. The van der Waals surface area contributed by atoms with E-state index in [-0.39, 0.29) is 38.0 Å². The molecule has 0 bridgehead atoms. The minimum absolute atomic E-state index is 0.118. The number of hydrogen-bond acceptors (Lipinski definition) is 6. The molecule has 1 atom stereocenters. The average Bonchev–Trinajstić information content (AvgIpc) is 3.44. The Balaban J connectivity index is 4.37. The second kappa shape index (κ2) is 64.8. The lowest BCUT2D eigenvalue weighted by Gasteiger charge is -2.18. The summed E-state index contributed by atoms with van der Waals surface area (Å²) < 4.78 is 16.8. The van der Waals surface area contributed by atoms with Gasteiger partial charge in [0.05, 0.1) is 6.42 Å². The number of allylic oxidation sites excluding steroid dienone is 23. The predicted octanol–water partition coefficient (Wildman–Crippen LogP) is 21.9. The SMILES string of the molecule is CC/C=C\C/C=C\C/C=C\C/C=C\C/C=C\CCCCCCCCCCCCCCCC(=O)OCC(COC(=O)C/C=C\C/C=C\C/C=C\C/C=C\C/C=C\CC)OC(=O)CCCCCCC/C=C\C/C=C\CCCCCC. The van der Waals surface area contributed by atoms with Gasteiger partial charge in [-0.3, -0.25) is 14.4 Å². The van der Waals surface area contributed by atoms with Gasteiger partial charge in [-0.15, -0.1) is 0 Å². The first-order chi connectivity index (χ1) is 38.5. The van der Waals surface area contributed by atoms with Crippen molar-refractivity contribution in [1.82, 2.24) is 0 Å². The first-order valence-electron chi connectivity index (χ1n) is 31.8. The van der Waals surface area contributed by atoms with Crippen LogP contribution < -0.4 is 0 Å². The highest BCUT2D eigenvalue weighted by Gasteiger charge is 2.19. The van der Waals surface area contributed by atoms with Crippen LogP contribution in [0.15, 0.2) is 146 Å². The van der Waals surface area contributed by atoms with Gasteiger partial charge in [-0.05, 0) is 122 Å². The molecule has 0 radical (unpaired) electrons. The van der Waals surface area contributed by atoms with E-state index < -0.39 is 12.1 Å². The lowest BCUT2D eigenvalue weighted by atomic mass is 10.0. The van der Waals surface area contributed by atoms with Crippen molar-refractivity contribution in [2.24, 2.45) is 0 Å². The Morgan fingerprint density at radius 3 is 0.897 bits per heavy atom. The molecule has 0 aromatic carbocycles. The van der Waals surface area contributed by atoms with Gasteiger partial charge in [0.15, 0.2) is 6.10 Å². The van der Waals surface area contributed by atoms with Crippen molar-refractivity contribution in [2.45, 2.75) is 277 Å². The molecule has 440 valence electrons. The third kappa shape index (κ3) is 62.1. The summed E-state index contributed by atoms with van der Waals surface area (Å²) >= 11 is 0. The highest BCUT2D eigenvalue weighted by atomic mass is 16.6. The van der Waals surface area contributed by atoms with Crippen LogP contribution in [0.5, 0.6) is 0 Å². The molecule has 0 rings (SSSR count). The maximum absolute atomic E-state index is 12.9. The molecule has 6 heteroatoms. The number of unbranched alkanes of at least 4 members (excludes halogenated alkanes) is 22. The summed E-state index contributed by atoms with van der Waals surface area (Å²) in [5.41, 5.74) is 0. The molecule has 78 heavy (non-hydrogen) atoms. The van der Waals surface area contributed by atoms with E-state index >= 15 is 0 Å². The van der Waals surface area contributed by atoms with E-state index in [1.165, 1.54) is 103 Å². The summed E-state index contributed by atoms with van der Waals surface area (Å²) in [7, 11) is 0. The van der Waals surface area contributed by atoms with E-state index in [2.05, 4.69) is 154 Å². The molecule has 1 unspecified atom stereocenters. The van der Waals surface area contributed by atoms with Crippen molar-refractivity contribution >= 4 is 17.9 Å². The van der Waals surface area contributed by atoms with E-state index in [1.54, 1.807) is 6.08 Å². The van der Waals surface area contributed by atoms with Crippen LogP contribution in [0.3, 0.4) is 0 Å². The van der Waals surface area contributed by atoms with Crippen LogP contribution >= 0.6 is 0 Å². The fourth-order valence-corrected chi connectivity index (χ4v) is 8.40. The standard InChI is InChI=1S/C72H116O6/c1-4-7-10-13-16-19-22-25-28-30-31-32-33-34-35-36-37-38-39-40-41-42-45-47-50-53-56-59-62-65-71(74)77-68-69(67-76-70(73)64-61-58-55-52-49-46-43-27-24-21-18-15-12-9-6-3)78-72(75)66-63-60-57-54-51-48-44-29-26-23-20-17-14-11-8-5-2/h7,9-10,12,16,18-21,23,25,27-29,31-32,34-35,43-44,49,52,58,61,69H,4-6,8,11,13-15,17,22,24,26,30,33,36-42,45-48,50-51,53-57,59-60,62-68H2,1-3H3/b10-7-,12-9-,19-16-,21-18-,23-20-,28-25-,32-31-,35-34-,43-27-,44-29-,52-49-,61-58-. The van der Waals surface area contributed by atoms with Gasteiger partial charge < -0.3 is 14.2 Å². The number of carbonyl (C=O) groups is 3. The smallest absolute Gasteiger partial charge is 0.309 e.